The molecule has 0 bridgehead atoms. The molecule has 0 saturated carbocycles. The highest BCUT2D eigenvalue weighted by atomic mass is 32.1. The molecule has 3 aromatic rings. The summed E-state index contributed by atoms with van der Waals surface area (Å²) in [4.78, 5) is 28.4. The van der Waals surface area contributed by atoms with Crippen molar-refractivity contribution in [3.05, 3.63) is 94.2 Å². The molecule has 4 nitrogen and oxygen atoms in total. The third-order valence-corrected chi connectivity index (χ3v) is 5.13. The molecule has 0 aliphatic rings. The van der Waals surface area contributed by atoms with E-state index in [1.807, 2.05) is 66.0 Å². The summed E-state index contributed by atoms with van der Waals surface area (Å²) in [7, 11) is 1.77. The Balaban J connectivity index is 1.76. The number of thiophene rings is 1. The summed E-state index contributed by atoms with van der Waals surface area (Å²) >= 11 is 1.61. The summed E-state index contributed by atoms with van der Waals surface area (Å²) in [6.07, 6.45) is 0.451. The summed E-state index contributed by atoms with van der Waals surface area (Å²) < 4.78 is 0. The number of hydrogen-bond donors (Lipinski definition) is 1. The zero-order valence-electron chi connectivity index (χ0n) is 15.2. The van der Waals surface area contributed by atoms with Gasteiger partial charge in [-0.05, 0) is 29.1 Å². The van der Waals surface area contributed by atoms with Gasteiger partial charge in [0.2, 0.25) is 5.91 Å². The van der Waals surface area contributed by atoms with Crippen LogP contribution in [0.15, 0.2) is 78.2 Å². The first-order chi connectivity index (χ1) is 13.1. The number of carbonyl (C=O) groups is 2. The Hall–Kier alpha value is -2.92. The van der Waals surface area contributed by atoms with Gasteiger partial charge in [-0.15, -0.1) is 11.3 Å². The molecule has 0 spiro atoms. The summed E-state index contributed by atoms with van der Waals surface area (Å²) in [5.41, 5.74) is 1.55. The molecule has 27 heavy (non-hydrogen) atoms. The zero-order valence-corrected chi connectivity index (χ0v) is 16.0. The maximum absolute atomic E-state index is 13.1. The Labute approximate surface area is 163 Å². The molecule has 1 N–H and O–H groups in total. The number of nitrogens with zero attached hydrogens (tertiary/aromatic N) is 1. The lowest BCUT2D eigenvalue weighted by Gasteiger charge is -2.24. The number of amides is 2. The first kappa shape index (κ1) is 18.9. The number of nitrogens with one attached hydrogen (secondary N) is 1. The molecule has 1 atom stereocenters. The van der Waals surface area contributed by atoms with Crippen molar-refractivity contribution in [2.24, 2.45) is 0 Å². The molecule has 0 saturated heterocycles. The van der Waals surface area contributed by atoms with E-state index in [9.17, 15) is 9.59 Å². The van der Waals surface area contributed by atoms with Crippen LogP contribution in [-0.2, 0) is 17.8 Å². The van der Waals surface area contributed by atoms with Crippen LogP contribution < -0.4 is 5.32 Å². The van der Waals surface area contributed by atoms with Gasteiger partial charge in [0.1, 0.15) is 6.04 Å². The van der Waals surface area contributed by atoms with Crippen molar-refractivity contribution in [2.45, 2.75) is 19.0 Å². The van der Waals surface area contributed by atoms with Gasteiger partial charge in [0.05, 0.1) is 6.54 Å². The Morgan fingerprint density at radius 3 is 2.26 bits per heavy atom. The van der Waals surface area contributed by atoms with Gasteiger partial charge in [-0.1, -0.05) is 54.6 Å². The molecule has 2 amide bonds. The largest absolute Gasteiger partial charge is 0.340 e. The first-order valence-corrected chi connectivity index (χ1v) is 9.68. The van der Waals surface area contributed by atoms with E-state index in [-0.39, 0.29) is 11.8 Å². The average Bonchev–Trinajstić information content (AvgIpc) is 3.21. The molecule has 0 aliphatic carbocycles. The van der Waals surface area contributed by atoms with E-state index >= 15 is 0 Å². The monoisotopic (exact) mass is 378 g/mol. The molecule has 138 valence electrons. The lowest BCUT2D eigenvalue weighted by atomic mass is 10.0. The second-order valence-corrected chi connectivity index (χ2v) is 7.39. The van der Waals surface area contributed by atoms with Gasteiger partial charge in [0, 0.05) is 23.9 Å². The van der Waals surface area contributed by atoms with E-state index in [0.29, 0.717) is 18.5 Å². The van der Waals surface area contributed by atoms with Crippen LogP contribution in [0.25, 0.3) is 0 Å². The third-order valence-electron chi connectivity index (χ3n) is 4.27. The Kier molecular flexibility index (Phi) is 6.39. The molecule has 3 rings (SSSR count). The second-order valence-electron chi connectivity index (χ2n) is 6.36. The van der Waals surface area contributed by atoms with Gasteiger partial charge in [-0.3, -0.25) is 9.59 Å². The Bertz CT molecular complexity index is 864. The van der Waals surface area contributed by atoms with Crippen LogP contribution in [0.5, 0.6) is 0 Å². The van der Waals surface area contributed by atoms with E-state index in [0.717, 1.165) is 10.4 Å². The van der Waals surface area contributed by atoms with Crippen LogP contribution in [0.3, 0.4) is 0 Å². The van der Waals surface area contributed by atoms with Gasteiger partial charge in [0.15, 0.2) is 0 Å². The van der Waals surface area contributed by atoms with Gasteiger partial charge >= 0.3 is 0 Å². The molecule has 1 unspecified atom stereocenters. The van der Waals surface area contributed by atoms with Gasteiger partial charge in [-0.25, -0.2) is 0 Å². The fourth-order valence-electron chi connectivity index (χ4n) is 2.86. The predicted molar refractivity (Wildman–Crippen MR) is 109 cm³/mol. The van der Waals surface area contributed by atoms with Gasteiger partial charge in [0.25, 0.3) is 5.91 Å². The molecule has 2 aromatic carbocycles. The summed E-state index contributed by atoms with van der Waals surface area (Å²) in [6.45, 7) is 0.531. The van der Waals surface area contributed by atoms with Gasteiger partial charge < -0.3 is 10.2 Å². The summed E-state index contributed by atoms with van der Waals surface area (Å²) in [5.74, 6) is -0.342. The lowest BCUT2D eigenvalue weighted by Crippen LogP contribution is -2.48. The van der Waals surface area contributed by atoms with E-state index in [1.165, 1.54) is 0 Å². The lowest BCUT2D eigenvalue weighted by molar-refractivity contribution is -0.132. The number of likely N-dealkylation sites (N-methyl/N-ethyl adjacent to an activating group) is 1. The quantitative estimate of drug-likeness (QED) is 0.681. The first-order valence-electron chi connectivity index (χ1n) is 8.80. The number of rotatable bonds is 7. The van der Waals surface area contributed by atoms with Crippen LogP contribution in [0.2, 0.25) is 0 Å². The third kappa shape index (κ3) is 5.28. The maximum atomic E-state index is 13.1. The van der Waals surface area contributed by atoms with Crippen molar-refractivity contribution >= 4 is 23.2 Å². The van der Waals surface area contributed by atoms with Crippen LogP contribution in [0, 0.1) is 0 Å². The topological polar surface area (TPSA) is 49.4 Å². The molecule has 1 heterocycles. The van der Waals surface area contributed by atoms with E-state index < -0.39 is 6.04 Å². The number of hydrogen-bond acceptors (Lipinski definition) is 3. The van der Waals surface area contributed by atoms with Crippen molar-refractivity contribution < 1.29 is 9.59 Å². The zero-order chi connectivity index (χ0) is 19.1. The molecule has 0 radical (unpaired) electrons. The van der Waals surface area contributed by atoms with Gasteiger partial charge in [-0.2, -0.15) is 0 Å². The molecular weight excluding hydrogens is 356 g/mol. The standard InChI is InChI=1S/C22H22N2O2S/c1-24(16-19-13-8-14-27-19)22(26)20(15-17-9-4-2-5-10-17)23-21(25)18-11-6-3-7-12-18/h2-14,20H,15-16H2,1H3,(H,23,25). The van der Waals surface area contributed by atoms with Crippen molar-refractivity contribution in [3.8, 4) is 0 Å². The van der Waals surface area contributed by atoms with Crippen LogP contribution in [-0.4, -0.2) is 29.8 Å². The van der Waals surface area contributed by atoms with Crippen LogP contribution in [0.4, 0.5) is 0 Å². The fourth-order valence-corrected chi connectivity index (χ4v) is 3.62. The molecule has 5 heteroatoms. The molecule has 1 aromatic heterocycles. The number of benzene rings is 2. The summed E-state index contributed by atoms with van der Waals surface area (Å²) in [6, 6.07) is 22.1. The Morgan fingerprint density at radius 2 is 1.63 bits per heavy atom. The molecule has 0 fully saturated rings. The van der Waals surface area contributed by atoms with Crippen molar-refractivity contribution in [2.75, 3.05) is 7.05 Å². The highest BCUT2D eigenvalue weighted by molar-refractivity contribution is 7.09. The minimum absolute atomic E-state index is 0.100. The fraction of sp³-hybridized carbons (Fsp3) is 0.182. The predicted octanol–water partition coefficient (Wildman–Crippen LogP) is 3.75. The Morgan fingerprint density at radius 1 is 0.963 bits per heavy atom. The smallest absolute Gasteiger partial charge is 0.251 e. The average molecular weight is 378 g/mol. The highest BCUT2D eigenvalue weighted by Crippen LogP contribution is 2.13. The SMILES string of the molecule is CN(Cc1cccs1)C(=O)C(Cc1ccccc1)NC(=O)c1ccccc1. The van der Waals surface area contributed by atoms with Crippen molar-refractivity contribution in [3.63, 3.8) is 0 Å². The van der Waals surface area contributed by atoms with E-state index in [4.69, 9.17) is 0 Å². The minimum Gasteiger partial charge on any atom is -0.340 e. The number of carbonyl (C=O) groups excluding carboxylic acids is 2. The molecule has 0 aliphatic heterocycles. The maximum Gasteiger partial charge on any atom is 0.251 e. The normalized spacial score (nSPS) is 11.6. The highest BCUT2D eigenvalue weighted by Gasteiger charge is 2.25. The van der Waals surface area contributed by atoms with Crippen LogP contribution >= 0.6 is 11.3 Å². The molecular formula is C22H22N2O2S. The summed E-state index contributed by atoms with van der Waals surface area (Å²) in [5, 5.41) is 4.91. The second kappa shape index (κ2) is 9.14. The van der Waals surface area contributed by atoms with Crippen LogP contribution in [0.1, 0.15) is 20.8 Å². The minimum atomic E-state index is -0.620. The van der Waals surface area contributed by atoms with Crippen molar-refractivity contribution in [1.82, 2.24) is 10.2 Å². The van der Waals surface area contributed by atoms with Crippen molar-refractivity contribution in [1.29, 1.82) is 0 Å². The van der Waals surface area contributed by atoms with E-state index in [1.54, 1.807) is 35.4 Å². The van der Waals surface area contributed by atoms with E-state index in [2.05, 4.69) is 5.32 Å².